The Balaban J connectivity index is 1.90. The van der Waals surface area contributed by atoms with Crippen molar-refractivity contribution in [2.24, 2.45) is 0 Å². The first-order chi connectivity index (χ1) is 11.5. The zero-order chi connectivity index (χ0) is 17.3. The summed E-state index contributed by atoms with van der Waals surface area (Å²) in [5, 5.41) is 0. The van der Waals surface area contributed by atoms with Crippen LogP contribution < -0.4 is 9.80 Å². The van der Waals surface area contributed by atoms with Crippen LogP contribution >= 0.6 is 24.0 Å². The lowest BCUT2D eigenvalue weighted by molar-refractivity contribution is -0.113. The molecule has 2 aromatic carbocycles. The molecular weight excluding hydrogens is 343 g/mol. The van der Waals surface area contributed by atoms with Gasteiger partial charge in [0.15, 0.2) is 4.32 Å². The van der Waals surface area contributed by atoms with Crippen LogP contribution in [0.1, 0.15) is 5.56 Å². The molecule has 1 amide bonds. The predicted molar refractivity (Wildman–Crippen MR) is 103 cm³/mol. The normalized spacial score (nSPS) is 16.1. The number of carbonyl (C=O) groups excluding carboxylic acids is 1. The number of para-hydroxylation sites is 1. The molecule has 24 heavy (non-hydrogen) atoms. The Hall–Kier alpha value is -2.18. The lowest BCUT2D eigenvalue weighted by Gasteiger charge is -2.14. The minimum Gasteiger partial charge on any atom is -0.378 e. The fourth-order valence-electron chi connectivity index (χ4n) is 2.33. The Morgan fingerprint density at radius 3 is 2.42 bits per heavy atom. The standard InChI is InChI=1S/C18H15FN2OS2/c1-20(2)13-9-7-12(8-10-13)11-16-17(22)21(18(23)24-16)15-6-4-3-5-14(15)19/h3-11H,1-2H3. The van der Waals surface area contributed by atoms with Crippen molar-refractivity contribution in [3.63, 3.8) is 0 Å². The van der Waals surface area contributed by atoms with E-state index in [0.717, 1.165) is 11.3 Å². The Morgan fingerprint density at radius 1 is 1.12 bits per heavy atom. The maximum Gasteiger partial charge on any atom is 0.270 e. The van der Waals surface area contributed by atoms with Crippen molar-refractivity contribution in [1.29, 1.82) is 0 Å². The number of hydrogen-bond donors (Lipinski definition) is 0. The summed E-state index contributed by atoms with van der Waals surface area (Å²) in [5.74, 6) is -0.767. The molecule has 0 unspecified atom stereocenters. The number of thiocarbonyl (C=S) groups is 1. The molecule has 0 saturated carbocycles. The highest BCUT2D eigenvalue weighted by Crippen LogP contribution is 2.37. The highest BCUT2D eigenvalue weighted by Gasteiger charge is 2.34. The Labute approximate surface area is 149 Å². The number of halogens is 1. The number of benzene rings is 2. The zero-order valence-corrected chi connectivity index (χ0v) is 14.8. The lowest BCUT2D eigenvalue weighted by Crippen LogP contribution is -2.28. The summed E-state index contributed by atoms with van der Waals surface area (Å²) in [6, 6.07) is 14.0. The first-order valence-corrected chi connectivity index (χ1v) is 8.50. The summed E-state index contributed by atoms with van der Waals surface area (Å²) in [6.45, 7) is 0. The van der Waals surface area contributed by atoms with Crippen LogP contribution in [0.25, 0.3) is 6.08 Å². The molecule has 3 nitrogen and oxygen atoms in total. The predicted octanol–water partition coefficient (Wildman–Crippen LogP) is 4.30. The van der Waals surface area contributed by atoms with Crippen LogP contribution in [0.15, 0.2) is 53.4 Å². The number of anilines is 2. The maximum absolute atomic E-state index is 14.0. The van der Waals surface area contributed by atoms with Crippen LogP contribution in [0, 0.1) is 5.82 Å². The molecule has 122 valence electrons. The van der Waals surface area contributed by atoms with Gasteiger partial charge in [-0.3, -0.25) is 9.69 Å². The molecule has 1 aliphatic heterocycles. The summed E-state index contributed by atoms with van der Waals surface area (Å²) < 4.78 is 14.3. The SMILES string of the molecule is CN(C)c1ccc(C=C2SC(=S)N(c3ccccc3F)C2=O)cc1. The van der Waals surface area contributed by atoms with E-state index in [0.29, 0.717) is 9.23 Å². The maximum atomic E-state index is 14.0. The van der Waals surface area contributed by atoms with E-state index in [4.69, 9.17) is 12.2 Å². The van der Waals surface area contributed by atoms with Crippen molar-refractivity contribution in [1.82, 2.24) is 0 Å². The number of rotatable bonds is 3. The van der Waals surface area contributed by atoms with Crippen LogP contribution in [0.5, 0.6) is 0 Å². The second-order valence-electron chi connectivity index (χ2n) is 5.45. The minimum atomic E-state index is -0.467. The monoisotopic (exact) mass is 358 g/mol. The van der Waals surface area contributed by atoms with Gasteiger partial charge < -0.3 is 4.90 Å². The van der Waals surface area contributed by atoms with Gasteiger partial charge >= 0.3 is 0 Å². The van der Waals surface area contributed by atoms with E-state index >= 15 is 0 Å². The van der Waals surface area contributed by atoms with Crippen LogP contribution in [0.4, 0.5) is 15.8 Å². The third-order valence-electron chi connectivity index (χ3n) is 3.59. The molecule has 2 aromatic rings. The van der Waals surface area contributed by atoms with E-state index < -0.39 is 5.82 Å². The molecule has 1 saturated heterocycles. The molecule has 1 heterocycles. The van der Waals surface area contributed by atoms with Gasteiger partial charge in [-0.05, 0) is 35.9 Å². The van der Waals surface area contributed by atoms with Gasteiger partial charge in [0, 0.05) is 19.8 Å². The Kier molecular flexibility index (Phi) is 4.69. The molecule has 1 aliphatic rings. The molecular formula is C18H15FN2OS2. The van der Waals surface area contributed by atoms with Gasteiger partial charge in [-0.15, -0.1) is 0 Å². The quantitative estimate of drug-likeness (QED) is 0.603. The van der Waals surface area contributed by atoms with Crippen molar-refractivity contribution in [2.75, 3.05) is 23.9 Å². The zero-order valence-electron chi connectivity index (χ0n) is 13.2. The van der Waals surface area contributed by atoms with Crippen LogP contribution in [0.3, 0.4) is 0 Å². The van der Waals surface area contributed by atoms with Gasteiger partial charge in [0.05, 0.1) is 10.6 Å². The number of hydrogen-bond acceptors (Lipinski definition) is 4. The molecule has 1 fully saturated rings. The molecule has 0 radical (unpaired) electrons. The molecule has 6 heteroatoms. The average molecular weight is 358 g/mol. The van der Waals surface area contributed by atoms with Crippen molar-refractivity contribution < 1.29 is 9.18 Å². The third kappa shape index (κ3) is 3.20. The van der Waals surface area contributed by atoms with Crippen molar-refractivity contribution in [3.05, 3.63) is 64.8 Å². The van der Waals surface area contributed by atoms with E-state index in [1.165, 1.54) is 22.7 Å². The molecule has 0 aromatic heterocycles. The summed E-state index contributed by atoms with van der Waals surface area (Å²) in [7, 11) is 3.93. The minimum absolute atomic E-state index is 0.186. The Morgan fingerprint density at radius 2 is 1.79 bits per heavy atom. The first-order valence-electron chi connectivity index (χ1n) is 7.27. The van der Waals surface area contributed by atoms with Gasteiger partial charge in [0.2, 0.25) is 0 Å². The fourth-order valence-corrected chi connectivity index (χ4v) is 3.61. The summed E-state index contributed by atoms with van der Waals surface area (Å²) in [6.07, 6.45) is 1.78. The van der Waals surface area contributed by atoms with Crippen molar-refractivity contribution in [2.45, 2.75) is 0 Å². The number of carbonyl (C=O) groups is 1. The van der Waals surface area contributed by atoms with E-state index in [-0.39, 0.29) is 11.6 Å². The number of thioether (sulfide) groups is 1. The van der Waals surface area contributed by atoms with E-state index in [9.17, 15) is 9.18 Å². The van der Waals surface area contributed by atoms with Crippen molar-refractivity contribution in [3.8, 4) is 0 Å². The molecule has 0 N–H and O–H groups in total. The molecule has 0 aliphatic carbocycles. The van der Waals surface area contributed by atoms with Gasteiger partial charge in [0.1, 0.15) is 5.82 Å². The first kappa shape index (κ1) is 16.7. The largest absolute Gasteiger partial charge is 0.378 e. The average Bonchev–Trinajstić information content (AvgIpc) is 2.83. The van der Waals surface area contributed by atoms with Crippen LogP contribution in [-0.2, 0) is 4.79 Å². The molecule has 0 spiro atoms. The topological polar surface area (TPSA) is 23.6 Å². The van der Waals surface area contributed by atoms with E-state index in [1.54, 1.807) is 24.3 Å². The van der Waals surface area contributed by atoms with E-state index in [1.807, 2.05) is 43.3 Å². The van der Waals surface area contributed by atoms with Gasteiger partial charge in [-0.25, -0.2) is 4.39 Å². The van der Waals surface area contributed by atoms with Gasteiger partial charge in [-0.2, -0.15) is 0 Å². The smallest absolute Gasteiger partial charge is 0.270 e. The number of nitrogens with zero attached hydrogens (tertiary/aromatic N) is 2. The summed E-state index contributed by atoms with van der Waals surface area (Å²) in [5.41, 5.74) is 2.16. The van der Waals surface area contributed by atoms with E-state index in [2.05, 4.69) is 0 Å². The van der Waals surface area contributed by atoms with Crippen LogP contribution in [0.2, 0.25) is 0 Å². The molecule has 3 rings (SSSR count). The number of amides is 1. The van der Waals surface area contributed by atoms with Crippen LogP contribution in [-0.4, -0.2) is 24.3 Å². The third-order valence-corrected chi connectivity index (χ3v) is 4.90. The summed E-state index contributed by atoms with van der Waals surface area (Å²) in [4.78, 5) is 16.4. The Bertz CT molecular complexity index is 831. The molecule has 0 bridgehead atoms. The van der Waals surface area contributed by atoms with Gasteiger partial charge in [0.25, 0.3) is 5.91 Å². The molecule has 0 atom stereocenters. The highest BCUT2D eigenvalue weighted by molar-refractivity contribution is 8.27. The lowest BCUT2D eigenvalue weighted by atomic mass is 10.2. The highest BCUT2D eigenvalue weighted by atomic mass is 32.2. The summed E-state index contributed by atoms with van der Waals surface area (Å²) >= 11 is 6.44. The van der Waals surface area contributed by atoms with Crippen molar-refractivity contribution >= 4 is 51.7 Å². The van der Waals surface area contributed by atoms with Gasteiger partial charge in [-0.1, -0.05) is 48.2 Å². The fraction of sp³-hybridized carbons (Fsp3) is 0.111. The second kappa shape index (κ2) is 6.75. The second-order valence-corrected chi connectivity index (χ2v) is 7.13.